The quantitative estimate of drug-likeness (QED) is 0.783. The second kappa shape index (κ2) is 5.65. The Morgan fingerprint density at radius 2 is 1.86 bits per heavy atom. The van der Waals surface area contributed by atoms with Gasteiger partial charge in [0.05, 0.1) is 25.2 Å². The Morgan fingerprint density at radius 1 is 1.29 bits per heavy atom. The molecule has 1 aromatic carbocycles. The number of phenolic OH excluding ortho intramolecular Hbond substituents is 1. The highest BCUT2D eigenvalue weighted by molar-refractivity contribution is 8.01. The number of methoxy groups -OCH3 is 2. The van der Waals surface area contributed by atoms with Crippen LogP contribution in [0.5, 0.6) is 17.2 Å². The third-order valence-corrected chi connectivity index (χ3v) is 4.97. The third-order valence-electron chi connectivity index (χ3n) is 3.52. The minimum atomic E-state index is -0.920. The van der Waals surface area contributed by atoms with Crippen LogP contribution in [0.3, 0.4) is 0 Å². The molecule has 2 unspecified atom stereocenters. The first-order chi connectivity index (χ1) is 9.81. The molecule has 1 aliphatic rings. The van der Waals surface area contributed by atoms with Crippen molar-refractivity contribution in [3.8, 4) is 17.2 Å². The van der Waals surface area contributed by atoms with Gasteiger partial charge >= 0.3 is 5.97 Å². The van der Waals surface area contributed by atoms with E-state index in [0.29, 0.717) is 17.1 Å². The topological polar surface area (TPSA) is 88.0 Å². The lowest BCUT2D eigenvalue weighted by Gasteiger charge is -2.21. The summed E-state index contributed by atoms with van der Waals surface area (Å²) in [4.78, 5) is 11.4. The number of rotatable bonds is 4. The minimum Gasteiger partial charge on any atom is -0.504 e. The molecule has 1 heterocycles. The Hall–Kier alpha value is -1.60. The van der Waals surface area contributed by atoms with Crippen LogP contribution < -0.4 is 14.8 Å². The summed E-state index contributed by atoms with van der Waals surface area (Å²) in [7, 11) is 2.97. The normalized spacial score (nSPS) is 23.8. The SMILES string of the molecule is COc1ccc(OC)c(C2NC(C(=O)O)C(C)(C)S2)c1O. The zero-order valence-electron chi connectivity index (χ0n) is 12.3. The molecule has 21 heavy (non-hydrogen) atoms. The first kappa shape index (κ1) is 15.8. The fourth-order valence-corrected chi connectivity index (χ4v) is 3.90. The van der Waals surface area contributed by atoms with E-state index in [9.17, 15) is 15.0 Å². The lowest BCUT2D eigenvalue weighted by Crippen LogP contribution is -2.43. The average molecular weight is 313 g/mol. The maximum atomic E-state index is 11.4. The molecule has 2 atom stereocenters. The number of ether oxygens (including phenoxy) is 2. The summed E-state index contributed by atoms with van der Waals surface area (Å²) in [5, 5.41) is 22.3. The molecule has 0 amide bonds. The number of carbonyl (C=O) groups is 1. The van der Waals surface area contributed by atoms with Gasteiger partial charge in [0, 0.05) is 4.75 Å². The number of hydrogen-bond donors (Lipinski definition) is 3. The van der Waals surface area contributed by atoms with Crippen LogP contribution in [0.2, 0.25) is 0 Å². The predicted molar refractivity (Wildman–Crippen MR) is 80.2 cm³/mol. The lowest BCUT2D eigenvalue weighted by atomic mass is 10.0. The standard InChI is InChI=1S/C14H19NO5S/c1-14(2)11(13(17)18)15-12(21-14)9-7(19-3)5-6-8(20-4)10(9)16/h5-6,11-12,15-16H,1-4H3,(H,17,18). The smallest absolute Gasteiger partial charge is 0.322 e. The molecular weight excluding hydrogens is 294 g/mol. The van der Waals surface area contributed by atoms with Gasteiger partial charge in [0.15, 0.2) is 11.5 Å². The van der Waals surface area contributed by atoms with Crippen molar-refractivity contribution in [2.45, 2.75) is 30.0 Å². The van der Waals surface area contributed by atoms with Crippen molar-refractivity contribution < 1.29 is 24.5 Å². The first-order valence-corrected chi connectivity index (χ1v) is 7.30. The monoisotopic (exact) mass is 313 g/mol. The molecular formula is C14H19NO5S. The number of hydrogen-bond acceptors (Lipinski definition) is 6. The van der Waals surface area contributed by atoms with Crippen LogP contribution in [0.15, 0.2) is 12.1 Å². The van der Waals surface area contributed by atoms with Crippen LogP contribution in [0.25, 0.3) is 0 Å². The molecule has 3 N–H and O–H groups in total. The molecule has 6 nitrogen and oxygen atoms in total. The summed E-state index contributed by atoms with van der Waals surface area (Å²) < 4.78 is 9.88. The predicted octanol–water partition coefficient (Wildman–Crippen LogP) is 1.98. The highest BCUT2D eigenvalue weighted by Gasteiger charge is 2.47. The van der Waals surface area contributed by atoms with Gasteiger partial charge in [0.2, 0.25) is 0 Å². The number of aromatic hydroxyl groups is 1. The number of carboxylic acids is 1. The third kappa shape index (κ3) is 2.75. The Morgan fingerprint density at radius 3 is 2.33 bits per heavy atom. The van der Waals surface area contributed by atoms with E-state index in [1.165, 1.54) is 26.0 Å². The van der Waals surface area contributed by atoms with E-state index in [1.54, 1.807) is 12.1 Å². The van der Waals surface area contributed by atoms with Gasteiger partial charge in [-0.2, -0.15) is 0 Å². The van der Waals surface area contributed by atoms with Crippen LogP contribution in [0.1, 0.15) is 24.8 Å². The van der Waals surface area contributed by atoms with Gasteiger partial charge < -0.3 is 19.7 Å². The van der Waals surface area contributed by atoms with Gasteiger partial charge in [0.25, 0.3) is 0 Å². The number of benzene rings is 1. The van der Waals surface area contributed by atoms with Crippen LogP contribution in [0.4, 0.5) is 0 Å². The van der Waals surface area contributed by atoms with Crippen molar-refractivity contribution in [2.24, 2.45) is 0 Å². The van der Waals surface area contributed by atoms with Gasteiger partial charge in [-0.1, -0.05) is 0 Å². The van der Waals surface area contributed by atoms with E-state index in [2.05, 4.69) is 5.32 Å². The summed E-state index contributed by atoms with van der Waals surface area (Å²) in [5.74, 6) is -0.148. The maximum absolute atomic E-state index is 11.4. The summed E-state index contributed by atoms with van der Waals surface area (Å²) in [6, 6.07) is 2.58. The number of thioether (sulfide) groups is 1. The van der Waals surface area contributed by atoms with Gasteiger partial charge in [-0.3, -0.25) is 10.1 Å². The molecule has 0 aromatic heterocycles. The van der Waals surface area contributed by atoms with Crippen molar-refractivity contribution in [1.29, 1.82) is 0 Å². The average Bonchev–Trinajstić information content (AvgIpc) is 2.73. The molecule has 0 radical (unpaired) electrons. The second-order valence-electron chi connectivity index (χ2n) is 5.27. The minimum absolute atomic E-state index is 0.0383. The van der Waals surface area contributed by atoms with Gasteiger partial charge in [-0.05, 0) is 26.0 Å². The molecule has 0 saturated carbocycles. The van der Waals surface area contributed by atoms with E-state index < -0.39 is 22.1 Å². The number of nitrogens with one attached hydrogen (secondary N) is 1. The lowest BCUT2D eigenvalue weighted by molar-refractivity contribution is -0.139. The van der Waals surface area contributed by atoms with Crippen LogP contribution in [0, 0.1) is 0 Å². The van der Waals surface area contributed by atoms with Crippen LogP contribution in [-0.2, 0) is 4.79 Å². The molecule has 0 aliphatic carbocycles. The van der Waals surface area contributed by atoms with E-state index in [0.717, 1.165) is 0 Å². The van der Waals surface area contributed by atoms with Crippen LogP contribution in [-0.4, -0.2) is 41.2 Å². The van der Waals surface area contributed by atoms with Crippen molar-refractivity contribution in [1.82, 2.24) is 5.32 Å². The maximum Gasteiger partial charge on any atom is 0.322 e. The Kier molecular flexibility index (Phi) is 4.25. The summed E-state index contributed by atoms with van der Waals surface area (Å²) in [6.45, 7) is 3.71. The first-order valence-electron chi connectivity index (χ1n) is 6.42. The fourth-order valence-electron chi connectivity index (χ4n) is 2.43. The molecule has 1 aliphatic heterocycles. The van der Waals surface area contributed by atoms with Gasteiger partial charge in [0.1, 0.15) is 11.8 Å². The zero-order valence-corrected chi connectivity index (χ0v) is 13.2. The molecule has 2 rings (SSSR count). The summed E-state index contributed by atoms with van der Waals surface area (Å²) in [5.41, 5.74) is 0.499. The molecule has 1 aromatic rings. The Bertz CT molecular complexity index is 561. The molecule has 116 valence electrons. The number of aliphatic carboxylic acids is 1. The fraction of sp³-hybridized carbons (Fsp3) is 0.500. The van der Waals surface area contributed by atoms with E-state index in [4.69, 9.17) is 9.47 Å². The Labute approximate surface area is 127 Å². The van der Waals surface area contributed by atoms with E-state index in [-0.39, 0.29) is 5.75 Å². The van der Waals surface area contributed by atoms with Crippen molar-refractivity contribution >= 4 is 17.7 Å². The van der Waals surface area contributed by atoms with E-state index >= 15 is 0 Å². The molecule has 1 saturated heterocycles. The summed E-state index contributed by atoms with van der Waals surface area (Å²) >= 11 is 1.43. The van der Waals surface area contributed by atoms with E-state index in [1.807, 2.05) is 13.8 Å². The second-order valence-corrected chi connectivity index (χ2v) is 7.03. The highest BCUT2D eigenvalue weighted by atomic mass is 32.2. The summed E-state index contributed by atoms with van der Waals surface area (Å²) in [6.07, 6.45) is 0. The Balaban J connectivity index is 2.45. The molecule has 1 fully saturated rings. The van der Waals surface area contributed by atoms with Gasteiger partial charge in [-0.25, -0.2) is 0 Å². The molecule has 0 spiro atoms. The zero-order chi connectivity index (χ0) is 15.8. The number of carboxylic acid groups (broad SMARTS) is 1. The molecule has 7 heteroatoms. The van der Waals surface area contributed by atoms with Crippen molar-refractivity contribution in [3.05, 3.63) is 17.7 Å². The van der Waals surface area contributed by atoms with Gasteiger partial charge in [-0.15, -0.1) is 11.8 Å². The molecule has 0 bridgehead atoms. The highest BCUT2D eigenvalue weighted by Crippen LogP contribution is 2.52. The van der Waals surface area contributed by atoms with Crippen molar-refractivity contribution in [2.75, 3.05) is 14.2 Å². The van der Waals surface area contributed by atoms with Crippen molar-refractivity contribution in [3.63, 3.8) is 0 Å². The largest absolute Gasteiger partial charge is 0.504 e. The van der Waals surface area contributed by atoms with Crippen LogP contribution >= 0.6 is 11.8 Å². The number of phenols is 1.